The summed E-state index contributed by atoms with van der Waals surface area (Å²) in [5, 5.41) is 0. The zero-order valence-corrected chi connectivity index (χ0v) is 16.4. The van der Waals surface area contributed by atoms with E-state index in [1.54, 1.807) is 30.3 Å². The second-order valence-electron chi connectivity index (χ2n) is 7.32. The summed E-state index contributed by atoms with van der Waals surface area (Å²) in [6, 6.07) is 28.7. The Morgan fingerprint density at radius 3 is 1.93 bits per heavy atom. The van der Waals surface area contributed by atoms with Gasteiger partial charge in [-0.15, -0.1) is 0 Å². The highest BCUT2D eigenvalue weighted by atomic mass is 16.2. The lowest BCUT2D eigenvalue weighted by Crippen LogP contribution is -2.30. The molecular formula is C26H18N2O2. The van der Waals surface area contributed by atoms with Crippen molar-refractivity contribution in [3.05, 3.63) is 108 Å². The van der Waals surface area contributed by atoms with Gasteiger partial charge in [0.2, 0.25) is 0 Å². The number of aromatic nitrogens is 1. The van der Waals surface area contributed by atoms with Crippen molar-refractivity contribution in [1.29, 1.82) is 0 Å². The molecule has 4 heteroatoms. The van der Waals surface area contributed by atoms with Gasteiger partial charge in [-0.2, -0.15) is 0 Å². The molecule has 2 heterocycles. The molecule has 5 rings (SSSR count). The highest BCUT2D eigenvalue weighted by Gasteiger charge is 2.37. The molecule has 4 aromatic rings. The molecule has 1 aliphatic heterocycles. The van der Waals surface area contributed by atoms with Crippen molar-refractivity contribution in [2.45, 2.75) is 6.92 Å². The van der Waals surface area contributed by atoms with Crippen LogP contribution in [-0.4, -0.2) is 16.8 Å². The van der Waals surface area contributed by atoms with E-state index in [1.165, 1.54) is 5.56 Å². The largest absolute Gasteiger partial charge is 0.268 e. The van der Waals surface area contributed by atoms with E-state index >= 15 is 0 Å². The number of hydrogen-bond donors (Lipinski definition) is 0. The van der Waals surface area contributed by atoms with Crippen molar-refractivity contribution in [2.24, 2.45) is 0 Å². The Morgan fingerprint density at radius 2 is 1.27 bits per heavy atom. The summed E-state index contributed by atoms with van der Waals surface area (Å²) in [5.74, 6) is -0.341. The number of benzene rings is 3. The second kappa shape index (κ2) is 7.08. The molecule has 0 N–H and O–H groups in total. The highest BCUT2D eigenvalue weighted by Crippen LogP contribution is 2.29. The molecule has 0 aliphatic carbocycles. The van der Waals surface area contributed by atoms with Crippen molar-refractivity contribution in [1.82, 2.24) is 4.98 Å². The third-order valence-electron chi connectivity index (χ3n) is 5.29. The summed E-state index contributed by atoms with van der Waals surface area (Å²) < 4.78 is 0. The van der Waals surface area contributed by atoms with Gasteiger partial charge in [0.1, 0.15) is 5.82 Å². The number of pyridine rings is 1. The van der Waals surface area contributed by atoms with E-state index < -0.39 is 0 Å². The fraction of sp³-hybridized carbons (Fsp3) is 0.0385. The number of rotatable bonds is 3. The minimum Gasteiger partial charge on any atom is -0.268 e. The van der Waals surface area contributed by atoms with Gasteiger partial charge in [0.05, 0.1) is 16.8 Å². The van der Waals surface area contributed by atoms with Crippen LogP contribution in [0.25, 0.3) is 22.4 Å². The standard InChI is InChI=1S/C26H18N2O2/c1-17-6-4-7-20(16-17)18-12-14-19(15-13-18)23-10-5-11-24(27-23)28-25(29)21-8-2-3-9-22(21)26(28)30/h2-16H,1H3. The molecule has 0 spiro atoms. The van der Waals surface area contributed by atoms with E-state index in [2.05, 4.69) is 42.2 Å². The third-order valence-corrected chi connectivity index (χ3v) is 5.29. The summed E-state index contributed by atoms with van der Waals surface area (Å²) in [6.45, 7) is 2.08. The lowest BCUT2D eigenvalue weighted by Gasteiger charge is -2.14. The molecule has 0 bridgehead atoms. The van der Waals surface area contributed by atoms with Crippen molar-refractivity contribution in [3.8, 4) is 22.4 Å². The van der Waals surface area contributed by atoms with Gasteiger partial charge in [-0.1, -0.05) is 72.3 Å². The first-order valence-electron chi connectivity index (χ1n) is 9.74. The molecule has 0 saturated carbocycles. The van der Waals surface area contributed by atoms with E-state index in [-0.39, 0.29) is 11.8 Å². The molecule has 1 aromatic heterocycles. The van der Waals surface area contributed by atoms with Gasteiger partial charge in [0.15, 0.2) is 0 Å². The summed E-state index contributed by atoms with van der Waals surface area (Å²) >= 11 is 0. The zero-order valence-electron chi connectivity index (χ0n) is 16.4. The maximum absolute atomic E-state index is 12.7. The quantitative estimate of drug-likeness (QED) is 0.433. The van der Waals surface area contributed by atoms with Gasteiger partial charge in [0, 0.05) is 5.56 Å². The number of anilines is 1. The third kappa shape index (κ3) is 2.99. The first-order chi connectivity index (χ1) is 14.6. The zero-order chi connectivity index (χ0) is 20.7. The Bertz CT molecular complexity index is 1260. The predicted molar refractivity (Wildman–Crippen MR) is 117 cm³/mol. The molecule has 3 aromatic carbocycles. The highest BCUT2D eigenvalue weighted by molar-refractivity contribution is 6.34. The first-order valence-corrected chi connectivity index (χ1v) is 9.74. The number of nitrogens with zero attached hydrogens (tertiary/aromatic N) is 2. The average Bonchev–Trinajstić information content (AvgIpc) is 3.04. The van der Waals surface area contributed by atoms with Crippen LogP contribution >= 0.6 is 0 Å². The molecule has 30 heavy (non-hydrogen) atoms. The molecule has 0 fully saturated rings. The Morgan fingerprint density at radius 1 is 0.633 bits per heavy atom. The number of hydrogen-bond acceptors (Lipinski definition) is 3. The lowest BCUT2D eigenvalue weighted by molar-refractivity contribution is 0.0925. The molecule has 4 nitrogen and oxygen atoms in total. The fourth-order valence-electron chi connectivity index (χ4n) is 3.76. The predicted octanol–water partition coefficient (Wildman–Crippen LogP) is 5.52. The van der Waals surface area contributed by atoms with Crippen LogP contribution in [0.15, 0.2) is 91.0 Å². The van der Waals surface area contributed by atoms with Crippen molar-refractivity contribution >= 4 is 17.6 Å². The summed E-state index contributed by atoms with van der Waals surface area (Å²) in [5.41, 5.74) is 5.96. The van der Waals surface area contributed by atoms with Gasteiger partial charge >= 0.3 is 0 Å². The minimum absolute atomic E-state index is 0.335. The fourth-order valence-corrected chi connectivity index (χ4v) is 3.76. The Kier molecular flexibility index (Phi) is 4.25. The second-order valence-corrected chi connectivity index (χ2v) is 7.32. The van der Waals surface area contributed by atoms with Crippen LogP contribution in [0.4, 0.5) is 5.82 Å². The molecule has 1 aliphatic rings. The normalized spacial score (nSPS) is 12.9. The molecule has 0 radical (unpaired) electrons. The Hall–Kier alpha value is -4.05. The van der Waals surface area contributed by atoms with Crippen molar-refractivity contribution in [3.63, 3.8) is 0 Å². The molecule has 0 unspecified atom stereocenters. The molecule has 0 saturated heterocycles. The van der Waals surface area contributed by atoms with Gasteiger partial charge < -0.3 is 0 Å². The summed E-state index contributed by atoms with van der Waals surface area (Å²) in [4.78, 5) is 31.3. The van der Waals surface area contributed by atoms with Gasteiger partial charge in [-0.3, -0.25) is 9.59 Å². The number of carbonyl (C=O) groups is 2. The van der Waals surface area contributed by atoms with Crippen LogP contribution < -0.4 is 4.90 Å². The molecule has 2 amide bonds. The van der Waals surface area contributed by atoms with Gasteiger partial charge in [-0.05, 0) is 42.3 Å². The maximum Gasteiger partial charge on any atom is 0.267 e. The molecular weight excluding hydrogens is 372 g/mol. The topological polar surface area (TPSA) is 50.3 Å². The SMILES string of the molecule is Cc1cccc(-c2ccc(-c3cccc(N4C(=O)c5ccccc5C4=O)n3)cc2)c1. The summed E-state index contributed by atoms with van der Waals surface area (Å²) in [6.07, 6.45) is 0. The van der Waals surface area contributed by atoms with E-state index in [0.29, 0.717) is 22.6 Å². The van der Waals surface area contributed by atoms with E-state index in [1.807, 2.05) is 30.3 Å². The van der Waals surface area contributed by atoms with E-state index in [4.69, 9.17) is 0 Å². The van der Waals surface area contributed by atoms with Crippen LogP contribution in [-0.2, 0) is 0 Å². The molecule has 0 atom stereocenters. The van der Waals surface area contributed by atoms with Gasteiger partial charge in [-0.25, -0.2) is 9.88 Å². The van der Waals surface area contributed by atoms with Crippen LogP contribution in [0.5, 0.6) is 0 Å². The number of imide groups is 1. The smallest absolute Gasteiger partial charge is 0.267 e. The van der Waals surface area contributed by atoms with Crippen LogP contribution in [0.3, 0.4) is 0 Å². The van der Waals surface area contributed by atoms with E-state index in [0.717, 1.165) is 21.6 Å². The summed E-state index contributed by atoms with van der Waals surface area (Å²) in [7, 11) is 0. The number of aryl methyl sites for hydroxylation is 1. The van der Waals surface area contributed by atoms with E-state index in [9.17, 15) is 9.59 Å². The first kappa shape index (κ1) is 18.0. The maximum atomic E-state index is 12.7. The molecule has 144 valence electrons. The number of amides is 2. The van der Waals surface area contributed by atoms with Crippen LogP contribution in [0.2, 0.25) is 0 Å². The minimum atomic E-state index is -0.338. The monoisotopic (exact) mass is 390 g/mol. The average molecular weight is 390 g/mol. The number of fused-ring (bicyclic) bond motifs is 1. The van der Waals surface area contributed by atoms with Gasteiger partial charge in [0.25, 0.3) is 11.8 Å². The van der Waals surface area contributed by atoms with Crippen molar-refractivity contribution < 1.29 is 9.59 Å². The number of carbonyl (C=O) groups excluding carboxylic acids is 2. The van der Waals surface area contributed by atoms with Crippen LogP contribution in [0, 0.1) is 6.92 Å². The Labute approximate surface area is 174 Å². The van der Waals surface area contributed by atoms with Crippen LogP contribution in [0.1, 0.15) is 26.3 Å². The Balaban J connectivity index is 1.47. The lowest BCUT2D eigenvalue weighted by atomic mass is 10.0. The van der Waals surface area contributed by atoms with Crippen molar-refractivity contribution in [2.75, 3.05) is 4.90 Å².